The minimum absolute atomic E-state index is 0.130. The number of carbonyl (C=O) groups is 1. The fourth-order valence-electron chi connectivity index (χ4n) is 2.41. The number of aryl methyl sites for hydroxylation is 3. The summed E-state index contributed by atoms with van der Waals surface area (Å²) in [6.07, 6.45) is 3.54. The largest absolute Gasteiger partial charge is 0.294 e. The van der Waals surface area contributed by atoms with Gasteiger partial charge in [0, 0.05) is 38.3 Å². The summed E-state index contributed by atoms with van der Waals surface area (Å²) in [5.41, 5.74) is 2.06. The zero-order valence-electron chi connectivity index (χ0n) is 13.1. The number of hydrogen-bond acceptors (Lipinski definition) is 4. The molecule has 3 rings (SSSR count). The molecule has 0 N–H and O–H groups in total. The number of rotatable bonds is 3. The van der Waals surface area contributed by atoms with Crippen LogP contribution in [0.3, 0.4) is 0 Å². The smallest absolute Gasteiger partial charge is 0.261 e. The van der Waals surface area contributed by atoms with Crippen LogP contribution < -0.4 is 4.90 Å². The number of pyridine rings is 1. The van der Waals surface area contributed by atoms with E-state index in [1.807, 2.05) is 31.6 Å². The normalized spacial score (nSPS) is 11.1. The fourth-order valence-corrected chi connectivity index (χ4v) is 2.41. The van der Waals surface area contributed by atoms with Crippen molar-refractivity contribution in [2.75, 3.05) is 11.9 Å². The quantitative estimate of drug-likeness (QED) is 0.739. The van der Waals surface area contributed by atoms with E-state index in [2.05, 4.69) is 15.2 Å². The Bertz CT molecular complexity index is 847. The van der Waals surface area contributed by atoms with Crippen LogP contribution in [-0.4, -0.2) is 37.5 Å². The third-order valence-electron chi connectivity index (χ3n) is 3.68. The Labute approximate surface area is 128 Å². The molecule has 0 bridgehead atoms. The van der Waals surface area contributed by atoms with Crippen LogP contribution in [0.25, 0.3) is 11.0 Å². The highest BCUT2D eigenvalue weighted by Crippen LogP contribution is 2.19. The van der Waals surface area contributed by atoms with E-state index in [-0.39, 0.29) is 5.91 Å². The van der Waals surface area contributed by atoms with E-state index in [0.717, 1.165) is 17.6 Å². The molecular weight excluding hydrogens is 280 g/mol. The lowest BCUT2D eigenvalue weighted by Crippen LogP contribution is -2.27. The number of hydrogen-bond donors (Lipinski definition) is 0. The molecule has 1 amide bonds. The third kappa shape index (κ3) is 2.24. The second-order valence-corrected chi connectivity index (χ2v) is 5.21. The van der Waals surface area contributed by atoms with Crippen molar-refractivity contribution in [3.63, 3.8) is 0 Å². The first-order chi connectivity index (χ1) is 10.5. The lowest BCUT2D eigenvalue weighted by Gasteiger charge is -2.15. The van der Waals surface area contributed by atoms with E-state index >= 15 is 0 Å². The molecule has 0 saturated carbocycles. The molecule has 7 nitrogen and oxygen atoms in total. The van der Waals surface area contributed by atoms with Gasteiger partial charge in [-0.05, 0) is 19.9 Å². The molecule has 0 aliphatic carbocycles. The lowest BCUT2D eigenvalue weighted by atomic mass is 10.1. The lowest BCUT2D eigenvalue weighted by molar-refractivity contribution is 0.0991. The van der Waals surface area contributed by atoms with Crippen molar-refractivity contribution in [1.82, 2.24) is 24.5 Å². The summed E-state index contributed by atoms with van der Waals surface area (Å²) >= 11 is 0. The Hall–Kier alpha value is -2.70. The van der Waals surface area contributed by atoms with Crippen molar-refractivity contribution in [1.29, 1.82) is 0 Å². The molecule has 0 unspecified atom stereocenters. The van der Waals surface area contributed by atoms with Crippen LogP contribution in [0.1, 0.15) is 23.0 Å². The first-order valence-electron chi connectivity index (χ1n) is 7.12. The Kier molecular flexibility index (Phi) is 3.40. The number of fused-ring (bicyclic) bond motifs is 1. The number of carbonyl (C=O) groups excluding carboxylic acids is 1. The van der Waals surface area contributed by atoms with Gasteiger partial charge >= 0.3 is 0 Å². The molecule has 22 heavy (non-hydrogen) atoms. The van der Waals surface area contributed by atoms with Crippen LogP contribution in [-0.2, 0) is 13.6 Å². The summed E-state index contributed by atoms with van der Waals surface area (Å²) in [5.74, 6) is 0.478. The second kappa shape index (κ2) is 5.25. The third-order valence-corrected chi connectivity index (χ3v) is 3.68. The van der Waals surface area contributed by atoms with Crippen LogP contribution >= 0.6 is 0 Å². The zero-order chi connectivity index (χ0) is 15.9. The van der Waals surface area contributed by atoms with E-state index in [9.17, 15) is 4.79 Å². The van der Waals surface area contributed by atoms with E-state index < -0.39 is 0 Å². The summed E-state index contributed by atoms with van der Waals surface area (Å²) in [6.45, 7) is 4.60. The van der Waals surface area contributed by atoms with E-state index in [1.165, 1.54) is 4.90 Å². The minimum atomic E-state index is -0.130. The molecule has 0 aromatic carbocycles. The highest BCUT2D eigenvalue weighted by Gasteiger charge is 2.19. The highest BCUT2D eigenvalue weighted by molar-refractivity contribution is 6.07. The molecule has 0 fully saturated rings. The van der Waals surface area contributed by atoms with Crippen LogP contribution in [0.2, 0.25) is 0 Å². The molecule has 0 aliphatic rings. The average molecular weight is 298 g/mol. The SMILES string of the molecule is CCn1ncc2cc(C(=O)N(C)c3ccn(C)n3)c(C)nc21. The summed E-state index contributed by atoms with van der Waals surface area (Å²) in [6, 6.07) is 3.65. The maximum absolute atomic E-state index is 12.7. The van der Waals surface area contributed by atoms with E-state index in [0.29, 0.717) is 17.1 Å². The van der Waals surface area contributed by atoms with Crippen LogP contribution in [0, 0.1) is 6.92 Å². The average Bonchev–Trinajstić information content (AvgIpc) is 3.10. The summed E-state index contributed by atoms with van der Waals surface area (Å²) < 4.78 is 3.48. The number of anilines is 1. The van der Waals surface area contributed by atoms with Gasteiger partial charge in [0.2, 0.25) is 0 Å². The molecule has 0 radical (unpaired) electrons. The maximum Gasteiger partial charge on any atom is 0.261 e. The highest BCUT2D eigenvalue weighted by atomic mass is 16.2. The standard InChI is InChI=1S/C15H18N6O/c1-5-21-14-11(9-16-21)8-12(10(2)17-14)15(22)20(4)13-6-7-19(3)18-13/h6-9H,5H2,1-4H3. The van der Waals surface area contributed by atoms with Crippen molar-refractivity contribution < 1.29 is 4.79 Å². The van der Waals surface area contributed by atoms with Crippen molar-refractivity contribution in [2.45, 2.75) is 20.4 Å². The van der Waals surface area contributed by atoms with Crippen LogP contribution in [0.5, 0.6) is 0 Å². The van der Waals surface area contributed by atoms with Gasteiger partial charge < -0.3 is 0 Å². The van der Waals surface area contributed by atoms with Crippen LogP contribution in [0.15, 0.2) is 24.5 Å². The van der Waals surface area contributed by atoms with Gasteiger partial charge in [0.05, 0.1) is 17.5 Å². The molecular formula is C15H18N6O. The van der Waals surface area contributed by atoms with Gasteiger partial charge in [-0.3, -0.25) is 14.4 Å². The number of aromatic nitrogens is 5. The van der Waals surface area contributed by atoms with Gasteiger partial charge in [0.25, 0.3) is 5.91 Å². The molecule has 0 saturated heterocycles. The molecule has 7 heteroatoms. The molecule has 3 aromatic rings. The Morgan fingerprint density at radius 2 is 2.18 bits per heavy atom. The van der Waals surface area contributed by atoms with Crippen LogP contribution in [0.4, 0.5) is 5.82 Å². The Morgan fingerprint density at radius 3 is 2.82 bits per heavy atom. The van der Waals surface area contributed by atoms with Gasteiger partial charge in [-0.25, -0.2) is 9.67 Å². The molecule has 0 spiro atoms. The molecule has 3 aromatic heterocycles. The van der Waals surface area contributed by atoms with Gasteiger partial charge in [-0.2, -0.15) is 10.2 Å². The summed E-state index contributed by atoms with van der Waals surface area (Å²) in [5, 5.41) is 9.39. The Morgan fingerprint density at radius 1 is 1.41 bits per heavy atom. The maximum atomic E-state index is 12.7. The van der Waals surface area contributed by atoms with Gasteiger partial charge in [0.1, 0.15) is 0 Å². The predicted molar refractivity (Wildman–Crippen MR) is 83.9 cm³/mol. The molecule has 0 aliphatic heterocycles. The van der Waals surface area contributed by atoms with Crippen molar-refractivity contribution in [3.05, 3.63) is 35.8 Å². The van der Waals surface area contributed by atoms with Gasteiger partial charge in [-0.1, -0.05) is 0 Å². The minimum Gasteiger partial charge on any atom is -0.294 e. The fraction of sp³-hybridized carbons (Fsp3) is 0.333. The van der Waals surface area contributed by atoms with E-state index in [1.54, 1.807) is 30.2 Å². The zero-order valence-corrected chi connectivity index (χ0v) is 13.1. The monoisotopic (exact) mass is 298 g/mol. The van der Waals surface area contributed by atoms with Crippen molar-refractivity contribution in [3.8, 4) is 0 Å². The predicted octanol–water partition coefficient (Wildman–Crippen LogP) is 1.77. The van der Waals surface area contributed by atoms with Crippen molar-refractivity contribution in [2.24, 2.45) is 7.05 Å². The molecule has 0 atom stereocenters. The topological polar surface area (TPSA) is 68.8 Å². The number of nitrogens with zero attached hydrogens (tertiary/aromatic N) is 6. The van der Waals surface area contributed by atoms with Gasteiger partial charge in [0.15, 0.2) is 11.5 Å². The Balaban J connectivity index is 2.02. The molecule has 3 heterocycles. The van der Waals surface area contributed by atoms with E-state index in [4.69, 9.17) is 0 Å². The molecule has 114 valence electrons. The first kappa shape index (κ1) is 14.2. The summed E-state index contributed by atoms with van der Waals surface area (Å²) in [7, 11) is 3.53. The van der Waals surface area contributed by atoms with Gasteiger partial charge in [-0.15, -0.1) is 0 Å². The summed E-state index contributed by atoms with van der Waals surface area (Å²) in [4.78, 5) is 18.8. The van der Waals surface area contributed by atoms with Crippen molar-refractivity contribution >= 4 is 22.8 Å². The second-order valence-electron chi connectivity index (χ2n) is 5.21. The number of amides is 1. The first-order valence-corrected chi connectivity index (χ1v) is 7.12.